The van der Waals surface area contributed by atoms with Crippen molar-refractivity contribution in [2.24, 2.45) is 0 Å². The van der Waals surface area contributed by atoms with Gasteiger partial charge in [0.05, 0.1) is 17.6 Å². The molecule has 2 aromatic carbocycles. The summed E-state index contributed by atoms with van der Waals surface area (Å²) in [4.78, 5) is 38.0. The van der Waals surface area contributed by atoms with E-state index >= 15 is 0 Å². The third-order valence-corrected chi connectivity index (χ3v) is 5.16. The van der Waals surface area contributed by atoms with Gasteiger partial charge in [-0.05, 0) is 47.5 Å². The lowest BCUT2D eigenvalue weighted by Gasteiger charge is -2.18. The second kappa shape index (κ2) is 9.49. The Labute approximate surface area is 171 Å². The van der Waals surface area contributed by atoms with Gasteiger partial charge in [-0.15, -0.1) is 0 Å². The van der Waals surface area contributed by atoms with E-state index in [9.17, 15) is 23.9 Å². The van der Waals surface area contributed by atoms with Crippen LogP contribution in [0.3, 0.4) is 0 Å². The Morgan fingerprint density at radius 1 is 1.14 bits per heavy atom. The van der Waals surface area contributed by atoms with Crippen LogP contribution in [0.5, 0.6) is 0 Å². The molecule has 0 unspecified atom stereocenters. The third kappa shape index (κ3) is 5.52. The Morgan fingerprint density at radius 2 is 1.83 bits per heavy atom. The normalized spacial score (nSPS) is 16.3. The number of amides is 3. The van der Waals surface area contributed by atoms with Crippen molar-refractivity contribution in [1.82, 2.24) is 10.2 Å². The van der Waals surface area contributed by atoms with Crippen LogP contribution in [0.15, 0.2) is 59.5 Å². The highest BCUT2D eigenvalue weighted by atomic mass is 32.2. The molecule has 1 atom stereocenters. The fourth-order valence-corrected chi connectivity index (χ4v) is 3.66. The first-order chi connectivity index (χ1) is 14.0. The highest BCUT2D eigenvalue weighted by Crippen LogP contribution is 2.32. The minimum atomic E-state index is -0.580. The number of halogens is 1. The summed E-state index contributed by atoms with van der Waals surface area (Å²) in [7, 11) is 0. The molecule has 2 N–H and O–H groups in total. The molecule has 3 amide bonds. The van der Waals surface area contributed by atoms with E-state index in [4.69, 9.17) is 0 Å². The molecule has 0 aromatic heterocycles. The molecule has 8 heteroatoms. The van der Waals surface area contributed by atoms with E-state index in [1.807, 2.05) is 30.3 Å². The van der Waals surface area contributed by atoms with E-state index in [1.54, 1.807) is 0 Å². The van der Waals surface area contributed by atoms with E-state index in [-0.39, 0.29) is 11.5 Å². The lowest BCUT2D eigenvalue weighted by atomic mass is 10.1. The van der Waals surface area contributed by atoms with Gasteiger partial charge in [-0.25, -0.2) is 4.39 Å². The van der Waals surface area contributed by atoms with E-state index < -0.39 is 35.5 Å². The molecule has 1 aliphatic rings. The monoisotopic (exact) mass is 414 g/mol. The van der Waals surface area contributed by atoms with Gasteiger partial charge in [0.25, 0.3) is 11.1 Å². The molecule has 29 heavy (non-hydrogen) atoms. The third-order valence-electron chi connectivity index (χ3n) is 4.25. The molecule has 1 saturated heterocycles. The second-order valence-electron chi connectivity index (χ2n) is 6.46. The van der Waals surface area contributed by atoms with Crippen molar-refractivity contribution in [3.8, 4) is 0 Å². The van der Waals surface area contributed by atoms with Gasteiger partial charge < -0.3 is 10.4 Å². The summed E-state index contributed by atoms with van der Waals surface area (Å²) in [5.41, 5.74) is 1.52. The van der Waals surface area contributed by atoms with Crippen molar-refractivity contribution in [3.05, 3.63) is 76.4 Å². The molecule has 150 valence electrons. The van der Waals surface area contributed by atoms with Crippen LogP contribution in [0.2, 0.25) is 0 Å². The van der Waals surface area contributed by atoms with Crippen molar-refractivity contribution in [1.29, 1.82) is 0 Å². The molecule has 6 nitrogen and oxygen atoms in total. The quantitative estimate of drug-likeness (QED) is 0.680. The minimum Gasteiger partial charge on any atom is -0.394 e. The van der Waals surface area contributed by atoms with Crippen LogP contribution in [-0.4, -0.2) is 46.3 Å². The summed E-state index contributed by atoms with van der Waals surface area (Å²) in [6, 6.07) is 14.3. The number of hydrogen-bond donors (Lipinski definition) is 2. The number of nitrogens with zero attached hydrogens (tertiary/aromatic N) is 1. The first-order valence-electron chi connectivity index (χ1n) is 8.91. The highest BCUT2D eigenvalue weighted by Gasteiger charge is 2.36. The average Bonchev–Trinajstić information content (AvgIpc) is 2.97. The van der Waals surface area contributed by atoms with E-state index in [0.29, 0.717) is 12.0 Å². The molecule has 0 spiro atoms. The zero-order chi connectivity index (χ0) is 20.8. The fraction of sp³-hybridized carbons (Fsp3) is 0.190. The molecule has 1 aliphatic heterocycles. The predicted molar refractivity (Wildman–Crippen MR) is 108 cm³/mol. The maximum Gasteiger partial charge on any atom is 0.294 e. The van der Waals surface area contributed by atoms with Crippen LogP contribution < -0.4 is 5.32 Å². The highest BCUT2D eigenvalue weighted by molar-refractivity contribution is 8.18. The van der Waals surface area contributed by atoms with Gasteiger partial charge in [0, 0.05) is 0 Å². The molecule has 0 aliphatic carbocycles. The Kier molecular flexibility index (Phi) is 6.79. The molecule has 3 rings (SSSR count). The summed E-state index contributed by atoms with van der Waals surface area (Å²) in [6.45, 7) is -0.705. The molecule has 0 bridgehead atoms. The Balaban J connectivity index is 1.61. The van der Waals surface area contributed by atoms with Gasteiger partial charge in [-0.3, -0.25) is 19.3 Å². The molecule has 2 aromatic rings. The van der Waals surface area contributed by atoms with Crippen LogP contribution in [0.25, 0.3) is 6.08 Å². The maximum absolute atomic E-state index is 13.0. The van der Waals surface area contributed by atoms with Crippen LogP contribution in [0.4, 0.5) is 9.18 Å². The molecule has 1 heterocycles. The summed E-state index contributed by atoms with van der Waals surface area (Å²) in [5, 5.41) is 11.6. The van der Waals surface area contributed by atoms with Crippen LogP contribution in [-0.2, 0) is 16.0 Å². The van der Waals surface area contributed by atoms with Crippen molar-refractivity contribution in [3.63, 3.8) is 0 Å². The molecule has 0 saturated carbocycles. The van der Waals surface area contributed by atoms with Crippen LogP contribution in [0.1, 0.15) is 11.1 Å². The zero-order valence-electron chi connectivity index (χ0n) is 15.4. The summed E-state index contributed by atoms with van der Waals surface area (Å²) in [5.74, 6) is -1.52. The summed E-state index contributed by atoms with van der Waals surface area (Å²) < 4.78 is 13.0. The number of imide groups is 1. The number of hydrogen-bond acceptors (Lipinski definition) is 5. The molecular weight excluding hydrogens is 395 g/mol. The standard InChI is InChI=1S/C21H19FN2O4S/c22-16-8-6-15(7-9-16)11-18-20(27)24(21(28)29-18)12-19(26)23-17(13-25)10-14-4-2-1-3-5-14/h1-9,11,17,25H,10,12-13H2,(H,23,26)/b18-11-/t17-/m1/s1. The Hall–Kier alpha value is -2.97. The lowest BCUT2D eigenvalue weighted by Crippen LogP contribution is -2.45. The van der Waals surface area contributed by atoms with Gasteiger partial charge in [0.1, 0.15) is 12.4 Å². The Morgan fingerprint density at radius 3 is 2.48 bits per heavy atom. The number of aliphatic hydroxyl groups is 1. The van der Waals surface area contributed by atoms with Crippen molar-refractivity contribution in [2.75, 3.05) is 13.2 Å². The first-order valence-corrected chi connectivity index (χ1v) is 9.73. The fourth-order valence-electron chi connectivity index (χ4n) is 2.82. The van der Waals surface area contributed by atoms with Crippen LogP contribution in [0, 0.1) is 5.82 Å². The number of carbonyl (C=O) groups is 3. The second-order valence-corrected chi connectivity index (χ2v) is 7.45. The maximum atomic E-state index is 13.0. The number of nitrogens with one attached hydrogen (secondary N) is 1. The summed E-state index contributed by atoms with van der Waals surface area (Å²) in [6.07, 6.45) is 1.91. The van der Waals surface area contributed by atoms with Crippen LogP contribution >= 0.6 is 11.8 Å². The van der Waals surface area contributed by atoms with E-state index in [0.717, 1.165) is 22.2 Å². The van der Waals surface area contributed by atoms with E-state index in [1.165, 1.54) is 30.3 Å². The van der Waals surface area contributed by atoms with Crippen molar-refractivity contribution in [2.45, 2.75) is 12.5 Å². The van der Waals surface area contributed by atoms with Gasteiger partial charge in [0.15, 0.2) is 0 Å². The van der Waals surface area contributed by atoms with Crippen molar-refractivity contribution >= 4 is 34.9 Å². The topological polar surface area (TPSA) is 86.7 Å². The minimum absolute atomic E-state index is 0.164. The SMILES string of the molecule is O=C(CN1C(=O)S/C(=C\c2ccc(F)cc2)C1=O)N[C@@H](CO)Cc1ccccc1. The van der Waals surface area contributed by atoms with Crippen molar-refractivity contribution < 1.29 is 23.9 Å². The number of benzene rings is 2. The Bertz CT molecular complexity index is 931. The van der Waals surface area contributed by atoms with E-state index in [2.05, 4.69) is 5.32 Å². The van der Waals surface area contributed by atoms with Gasteiger partial charge >= 0.3 is 0 Å². The lowest BCUT2D eigenvalue weighted by molar-refractivity contribution is -0.129. The summed E-state index contributed by atoms with van der Waals surface area (Å²) >= 11 is 0.725. The molecule has 1 fully saturated rings. The van der Waals surface area contributed by atoms with Gasteiger partial charge in [-0.1, -0.05) is 42.5 Å². The predicted octanol–water partition coefficient (Wildman–Crippen LogP) is 2.58. The molecule has 0 radical (unpaired) electrons. The number of rotatable bonds is 7. The number of thioether (sulfide) groups is 1. The average molecular weight is 414 g/mol. The van der Waals surface area contributed by atoms with Gasteiger partial charge in [0.2, 0.25) is 5.91 Å². The number of carbonyl (C=O) groups excluding carboxylic acids is 3. The van der Waals surface area contributed by atoms with Gasteiger partial charge in [-0.2, -0.15) is 0 Å². The molecular formula is C21H19FN2O4S. The smallest absolute Gasteiger partial charge is 0.294 e. The number of aliphatic hydroxyl groups excluding tert-OH is 1. The zero-order valence-corrected chi connectivity index (χ0v) is 16.2. The largest absolute Gasteiger partial charge is 0.394 e. The first kappa shape index (κ1) is 20.8.